The lowest BCUT2D eigenvalue weighted by atomic mass is 9.93. The Morgan fingerprint density at radius 3 is 2.29 bits per heavy atom. The summed E-state index contributed by atoms with van der Waals surface area (Å²) in [6.45, 7) is 6.29. The SMILES string of the molecule is CCc1ccc(C(NN)c2cc(C)c(OC)cc2C)cc1. The Morgan fingerprint density at radius 1 is 1.10 bits per heavy atom. The summed E-state index contributed by atoms with van der Waals surface area (Å²) in [6.07, 6.45) is 1.04. The monoisotopic (exact) mass is 284 g/mol. The van der Waals surface area contributed by atoms with Crippen LogP contribution in [0.15, 0.2) is 36.4 Å². The van der Waals surface area contributed by atoms with Crippen LogP contribution in [0.2, 0.25) is 0 Å². The van der Waals surface area contributed by atoms with Crippen molar-refractivity contribution < 1.29 is 4.74 Å². The zero-order valence-corrected chi connectivity index (χ0v) is 13.2. The minimum Gasteiger partial charge on any atom is -0.496 e. The number of methoxy groups -OCH3 is 1. The molecule has 2 aromatic rings. The van der Waals surface area contributed by atoms with Crippen LogP contribution in [0.3, 0.4) is 0 Å². The molecule has 0 fully saturated rings. The lowest BCUT2D eigenvalue weighted by Crippen LogP contribution is -2.29. The highest BCUT2D eigenvalue weighted by atomic mass is 16.5. The molecule has 0 aliphatic heterocycles. The Hall–Kier alpha value is -1.84. The molecule has 0 amide bonds. The molecule has 0 aliphatic rings. The maximum absolute atomic E-state index is 5.82. The second-order valence-corrected chi connectivity index (χ2v) is 5.37. The molecule has 1 atom stereocenters. The van der Waals surface area contributed by atoms with Gasteiger partial charge in [-0.25, -0.2) is 5.43 Å². The van der Waals surface area contributed by atoms with Crippen LogP contribution in [-0.2, 0) is 6.42 Å². The molecule has 0 saturated carbocycles. The summed E-state index contributed by atoms with van der Waals surface area (Å²) in [5, 5.41) is 0. The van der Waals surface area contributed by atoms with E-state index in [-0.39, 0.29) is 6.04 Å². The number of hydrogen-bond donors (Lipinski definition) is 2. The van der Waals surface area contributed by atoms with Gasteiger partial charge in [0.1, 0.15) is 5.75 Å². The Balaban J connectivity index is 2.43. The van der Waals surface area contributed by atoms with Gasteiger partial charge in [0, 0.05) is 0 Å². The Labute approximate surface area is 127 Å². The molecular weight excluding hydrogens is 260 g/mol. The van der Waals surface area contributed by atoms with Crippen LogP contribution in [0.1, 0.15) is 40.8 Å². The van der Waals surface area contributed by atoms with E-state index in [9.17, 15) is 0 Å². The van der Waals surface area contributed by atoms with Gasteiger partial charge in [0.25, 0.3) is 0 Å². The van der Waals surface area contributed by atoms with Crippen LogP contribution in [0.4, 0.5) is 0 Å². The first-order valence-corrected chi connectivity index (χ1v) is 7.30. The zero-order valence-electron chi connectivity index (χ0n) is 13.2. The first kappa shape index (κ1) is 15.5. The summed E-state index contributed by atoms with van der Waals surface area (Å²) < 4.78 is 5.38. The molecule has 0 aromatic heterocycles. The van der Waals surface area contributed by atoms with Gasteiger partial charge in [-0.15, -0.1) is 0 Å². The van der Waals surface area contributed by atoms with Crippen molar-refractivity contribution >= 4 is 0 Å². The van der Waals surface area contributed by atoms with Crippen molar-refractivity contribution in [1.29, 1.82) is 0 Å². The second-order valence-electron chi connectivity index (χ2n) is 5.37. The fraction of sp³-hybridized carbons (Fsp3) is 0.333. The fourth-order valence-corrected chi connectivity index (χ4v) is 2.65. The molecule has 0 spiro atoms. The largest absolute Gasteiger partial charge is 0.496 e. The maximum Gasteiger partial charge on any atom is 0.122 e. The van der Waals surface area contributed by atoms with Crippen molar-refractivity contribution in [3.05, 3.63) is 64.2 Å². The molecule has 3 heteroatoms. The summed E-state index contributed by atoms with van der Waals surface area (Å²) in [5.74, 6) is 6.73. The average Bonchev–Trinajstić information content (AvgIpc) is 2.51. The van der Waals surface area contributed by atoms with E-state index >= 15 is 0 Å². The van der Waals surface area contributed by atoms with Crippen molar-refractivity contribution in [3.63, 3.8) is 0 Å². The highest BCUT2D eigenvalue weighted by Gasteiger charge is 2.16. The highest BCUT2D eigenvalue weighted by Crippen LogP contribution is 2.30. The van der Waals surface area contributed by atoms with E-state index in [2.05, 4.69) is 62.6 Å². The quantitative estimate of drug-likeness (QED) is 0.653. The molecule has 21 heavy (non-hydrogen) atoms. The van der Waals surface area contributed by atoms with E-state index in [0.29, 0.717) is 0 Å². The van der Waals surface area contributed by atoms with Gasteiger partial charge in [0.05, 0.1) is 13.2 Å². The summed E-state index contributed by atoms with van der Waals surface area (Å²) >= 11 is 0. The fourth-order valence-electron chi connectivity index (χ4n) is 2.65. The van der Waals surface area contributed by atoms with E-state index in [1.165, 1.54) is 22.3 Å². The molecule has 0 saturated heterocycles. The van der Waals surface area contributed by atoms with Crippen molar-refractivity contribution in [2.24, 2.45) is 5.84 Å². The number of hydrazine groups is 1. The van der Waals surface area contributed by atoms with Crippen LogP contribution in [-0.4, -0.2) is 7.11 Å². The first-order chi connectivity index (χ1) is 10.1. The van der Waals surface area contributed by atoms with Crippen molar-refractivity contribution in [2.45, 2.75) is 33.2 Å². The number of hydrogen-bond acceptors (Lipinski definition) is 3. The van der Waals surface area contributed by atoms with Crippen molar-refractivity contribution in [1.82, 2.24) is 5.43 Å². The molecular formula is C18H24N2O. The number of nitrogens with one attached hydrogen (secondary N) is 1. The number of aryl methyl sites for hydroxylation is 3. The minimum atomic E-state index is -0.0134. The maximum atomic E-state index is 5.82. The van der Waals surface area contributed by atoms with Crippen LogP contribution in [0.5, 0.6) is 5.75 Å². The summed E-state index contributed by atoms with van der Waals surface area (Å²) in [6, 6.07) is 12.8. The van der Waals surface area contributed by atoms with Gasteiger partial charge in [-0.3, -0.25) is 5.84 Å². The van der Waals surface area contributed by atoms with Gasteiger partial charge in [-0.05, 0) is 54.2 Å². The van der Waals surface area contributed by atoms with E-state index in [1.54, 1.807) is 7.11 Å². The minimum absolute atomic E-state index is 0.0134. The normalized spacial score (nSPS) is 12.2. The molecule has 3 nitrogen and oxygen atoms in total. The van der Waals surface area contributed by atoms with Gasteiger partial charge in [0.15, 0.2) is 0 Å². The van der Waals surface area contributed by atoms with Crippen LogP contribution < -0.4 is 16.0 Å². The van der Waals surface area contributed by atoms with Gasteiger partial charge in [-0.1, -0.05) is 37.3 Å². The summed E-state index contributed by atoms with van der Waals surface area (Å²) in [7, 11) is 1.70. The van der Waals surface area contributed by atoms with Gasteiger partial charge >= 0.3 is 0 Å². The first-order valence-electron chi connectivity index (χ1n) is 7.30. The van der Waals surface area contributed by atoms with Crippen LogP contribution >= 0.6 is 0 Å². The number of ether oxygens (including phenoxy) is 1. The smallest absolute Gasteiger partial charge is 0.122 e. The number of rotatable bonds is 5. The molecule has 3 N–H and O–H groups in total. The van der Waals surface area contributed by atoms with Crippen molar-refractivity contribution in [3.8, 4) is 5.75 Å². The third kappa shape index (κ3) is 3.26. The molecule has 0 heterocycles. The third-order valence-electron chi connectivity index (χ3n) is 3.98. The number of nitrogens with two attached hydrogens (primary N) is 1. The van der Waals surface area contributed by atoms with Gasteiger partial charge in [0.2, 0.25) is 0 Å². The summed E-state index contributed by atoms with van der Waals surface area (Å²) in [4.78, 5) is 0. The molecule has 0 aliphatic carbocycles. The Bertz CT molecular complexity index is 605. The van der Waals surface area contributed by atoms with Crippen LogP contribution in [0, 0.1) is 13.8 Å². The third-order valence-corrected chi connectivity index (χ3v) is 3.98. The molecule has 0 bridgehead atoms. The Morgan fingerprint density at radius 2 is 1.76 bits per heavy atom. The topological polar surface area (TPSA) is 47.3 Å². The van der Waals surface area contributed by atoms with Crippen molar-refractivity contribution in [2.75, 3.05) is 7.11 Å². The Kier molecular flexibility index (Phi) is 4.99. The van der Waals surface area contributed by atoms with Gasteiger partial charge < -0.3 is 4.74 Å². The number of benzene rings is 2. The summed E-state index contributed by atoms with van der Waals surface area (Å²) in [5.41, 5.74) is 8.90. The predicted molar refractivity (Wildman–Crippen MR) is 87.5 cm³/mol. The lowest BCUT2D eigenvalue weighted by molar-refractivity contribution is 0.411. The lowest BCUT2D eigenvalue weighted by Gasteiger charge is -2.21. The second kappa shape index (κ2) is 6.74. The van der Waals surface area contributed by atoms with E-state index in [0.717, 1.165) is 17.7 Å². The van der Waals surface area contributed by atoms with E-state index in [4.69, 9.17) is 10.6 Å². The van der Waals surface area contributed by atoms with Crippen LogP contribution in [0.25, 0.3) is 0 Å². The highest BCUT2D eigenvalue weighted by molar-refractivity contribution is 5.46. The zero-order chi connectivity index (χ0) is 15.4. The molecule has 2 aromatic carbocycles. The van der Waals surface area contributed by atoms with E-state index < -0.39 is 0 Å². The molecule has 112 valence electrons. The standard InChI is InChI=1S/C18H24N2O/c1-5-14-6-8-15(9-7-14)18(20-19)16-10-13(3)17(21-4)11-12(16)2/h6-11,18,20H,5,19H2,1-4H3. The predicted octanol–water partition coefficient (Wildman–Crippen LogP) is 3.43. The molecule has 0 radical (unpaired) electrons. The molecule has 1 unspecified atom stereocenters. The van der Waals surface area contributed by atoms with Gasteiger partial charge in [-0.2, -0.15) is 0 Å². The average molecular weight is 284 g/mol. The van der Waals surface area contributed by atoms with E-state index in [1.807, 2.05) is 0 Å². The molecule has 2 rings (SSSR count).